The van der Waals surface area contributed by atoms with Gasteiger partial charge in [0.05, 0.1) is 6.61 Å². The van der Waals surface area contributed by atoms with E-state index in [1.807, 2.05) is 6.08 Å². The summed E-state index contributed by atoms with van der Waals surface area (Å²) in [5.74, 6) is -1.17. The highest BCUT2D eigenvalue weighted by Gasteiger charge is 2.51. The van der Waals surface area contributed by atoms with Crippen molar-refractivity contribution in [3.63, 3.8) is 0 Å². The van der Waals surface area contributed by atoms with Crippen molar-refractivity contribution in [2.24, 2.45) is 0 Å². The predicted octanol–water partition coefficient (Wildman–Crippen LogP) is 12.6. The molecule has 13 nitrogen and oxygen atoms in total. The van der Waals surface area contributed by atoms with E-state index in [2.05, 4.69) is 80.7 Å². The van der Waals surface area contributed by atoms with Crippen LogP contribution in [0.3, 0.4) is 0 Å². The summed E-state index contributed by atoms with van der Waals surface area (Å²) in [7, 11) is -5.14. The highest BCUT2D eigenvalue weighted by molar-refractivity contribution is 7.47. The third-order valence-electron chi connectivity index (χ3n) is 12.5. The first-order valence-corrected chi connectivity index (χ1v) is 29.2. The molecule has 0 aromatic rings. The van der Waals surface area contributed by atoms with Crippen molar-refractivity contribution in [2.45, 2.75) is 262 Å². The number of aliphatic hydroxyl groups excluding tert-OH is 5. The average Bonchev–Trinajstić information content (AvgIpc) is 3.35. The maximum atomic E-state index is 12.9. The summed E-state index contributed by atoms with van der Waals surface area (Å²) >= 11 is 0. The molecule has 0 aromatic carbocycles. The second kappa shape index (κ2) is 45.9. The molecule has 410 valence electrons. The van der Waals surface area contributed by atoms with E-state index in [-0.39, 0.29) is 12.8 Å². The zero-order valence-corrected chi connectivity index (χ0v) is 44.9. The predicted molar refractivity (Wildman–Crippen MR) is 285 cm³/mol. The first-order valence-electron chi connectivity index (χ1n) is 27.7. The molecule has 1 saturated carbocycles. The van der Waals surface area contributed by atoms with Crippen LogP contribution in [-0.2, 0) is 32.7 Å². The summed E-state index contributed by atoms with van der Waals surface area (Å²) < 4.78 is 33.6. The van der Waals surface area contributed by atoms with E-state index < -0.39 is 75.7 Å². The van der Waals surface area contributed by atoms with E-state index >= 15 is 0 Å². The SMILES string of the molecule is CC/C=C/C/C=C/C/C=C/C/C=C/C/C=C/CCCCCC(=O)OC[C@H](COP(=O)(O)OC1C(O)C(O)C(O)[C@@H](O)C1O)OC(=O)CCC/C=C/CCCCCCCCCCCCCCCCCCCC. The van der Waals surface area contributed by atoms with Gasteiger partial charge in [0.1, 0.15) is 43.2 Å². The molecule has 0 spiro atoms. The van der Waals surface area contributed by atoms with Crippen molar-refractivity contribution >= 4 is 19.8 Å². The van der Waals surface area contributed by atoms with Crippen molar-refractivity contribution in [2.75, 3.05) is 13.2 Å². The second-order valence-corrected chi connectivity index (χ2v) is 20.5. The Morgan fingerprint density at radius 3 is 1.28 bits per heavy atom. The van der Waals surface area contributed by atoms with Gasteiger partial charge >= 0.3 is 19.8 Å². The maximum absolute atomic E-state index is 12.9. The van der Waals surface area contributed by atoms with Gasteiger partial charge in [-0.25, -0.2) is 4.57 Å². The Morgan fingerprint density at radius 2 is 0.817 bits per heavy atom. The molecule has 1 rings (SSSR count). The van der Waals surface area contributed by atoms with Crippen LogP contribution in [0.5, 0.6) is 0 Å². The van der Waals surface area contributed by atoms with Gasteiger partial charge in [0, 0.05) is 12.8 Å². The lowest BCUT2D eigenvalue weighted by molar-refractivity contribution is -0.220. The van der Waals surface area contributed by atoms with Crippen molar-refractivity contribution in [1.82, 2.24) is 0 Å². The van der Waals surface area contributed by atoms with Crippen LogP contribution in [0.2, 0.25) is 0 Å². The number of ether oxygens (including phenoxy) is 2. The fourth-order valence-corrected chi connectivity index (χ4v) is 9.12. The molecule has 0 saturated heterocycles. The van der Waals surface area contributed by atoms with Gasteiger partial charge in [-0.1, -0.05) is 202 Å². The Hall–Kier alpha value is -2.71. The normalized spacial score (nSPS) is 21.2. The lowest BCUT2D eigenvalue weighted by atomic mass is 9.85. The monoisotopic (exact) mass is 1020 g/mol. The minimum atomic E-state index is -5.14. The van der Waals surface area contributed by atoms with Crippen molar-refractivity contribution < 1.29 is 63.1 Å². The minimum absolute atomic E-state index is 0.0394. The van der Waals surface area contributed by atoms with Crippen LogP contribution < -0.4 is 0 Å². The number of hydrogen-bond acceptors (Lipinski definition) is 12. The fraction of sp³-hybridized carbons (Fsp3) is 0.754. The standard InChI is InChI=1S/C57H99O13P/c1-3-5-7-9-11-13-15-17-19-21-23-24-25-26-28-30-32-34-36-38-40-42-44-46-51(59)69-49(48-68-71(65,66)70-57-55(63)53(61)52(60)54(62)56(57)64)47-67-50(58)45-43-41-39-37-35-33-31-29-27-22-20-18-16-14-12-10-8-6-4-2/h6,8,12,14,18,20,27,29,33,35,38,40,49,52-57,60-64H,3-5,7,9-11,13,15-17,19,21-26,28,30-32,34,36-37,39,41-48H2,1-2H3,(H,65,66)/b8-6+,14-12+,20-18+,29-27+,35-33+,40-38+/t49-,52?,53-,54?,55?,56?,57?/m1/s1. The van der Waals surface area contributed by atoms with E-state index in [1.54, 1.807) is 0 Å². The Labute approximate surface area is 429 Å². The van der Waals surface area contributed by atoms with Crippen LogP contribution in [0, 0.1) is 0 Å². The van der Waals surface area contributed by atoms with Gasteiger partial charge in [-0.15, -0.1) is 0 Å². The van der Waals surface area contributed by atoms with Crippen LogP contribution >= 0.6 is 7.82 Å². The molecule has 6 N–H and O–H groups in total. The zero-order valence-electron chi connectivity index (χ0n) is 44.0. The number of esters is 2. The lowest BCUT2D eigenvalue weighted by Gasteiger charge is -2.41. The van der Waals surface area contributed by atoms with Gasteiger partial charge in [-0.2, -0.15) is 0 Å². The highest BCUT2D eigenvalue weighted by Crippen LogP contribution is 2.47. The van der Waals surface area contributed by atoms with Gasteiger partial charge in [0.2, 0.25) is 0 Å². The molecular weight excluding hydrogens is 924 g/mol. The van der Waals surface area contributed by atoms with Crippen LogP contribution in [0.15, 0.2) is 72.9 Å². The summed E-state index contributed by atoms with van der Waals surface area (Å²) in [5, 5.41) is 50.3. The number of carbonyl (C=O) groups excluding carboxylic acids is 2. The number of phosphoric acid groups is 1. The zero-order chi connectivity index (χ0) is 52.1. The molecule has 1 aliphatic carbocycles. The Kier molecular flexibility index (Phi) is 42.8. The number of rotatable bonds is 46. The minimum Gasteiger partial charge on any atom is -0.462 e. The number of carbonyl (C=O) groups is 2. The van der Waals surface area contributed by atoms with Crippen molar-refractivity contribution in [3.8, 4) is 0 Å². The molecule has 0 aromatic heterocycles. The Balaban J connectivity index is 2.40. The largest absolute Gasteiger partial charge is 0.472 e. The first-order chi connectivity index (χ1) is 34.4. The molecule has 1 fully saturated rings. The van der Waals surface area contributed by atoms with E-state index in [0.29, 0.717) is 19.3 Å². The number of aliphatic hydroxyl groups is 5. The maximum Gasteiger partial charge on any atom is 0.472 e. The number of phosphoric ester groups is 1. The number of hydrogen-bond donors (Lipinski definition) is 6. The van der Waals surface area contributed by atoms with E-state index in [1.165, 1.54) is 109 Å². The highest BCUT2D eigenvalue weighted by atomic mass is 31.2. The lowest BCUT2D eigenvalue weighted by Crippen LogP contribution is -2.64. The quantitative estimate of drug-likeness (QED) is 0.0145. The molecule has 0 heterocycles. The van der Waals surface area contributed by atoms with E-state index in [9.17, 15) is 44.6 Å². The summed E-state index contributed by atoms with van der Waals surface area (Å²) in [6.07, 6.45) is 46.8. The fourth-order valence-electron chi connectivity index (χ4n) is 8.14. The third kappa shape index (κ3) is 37.6. The number of allylic oxidation sites excluding steroid dienone is 12. The van der Waals surface area contributed by atoms with Gasteiger partial charge in [0.15, 0.2) is 6.10 Å². The van der Waals surface area contributed by atoms with Crippen LogP contribution in [0.4, 0.5) is 0 Å². The van der Waals surface area contributed by atoms with Gasteiger partial charge < -0.3 is 39.9 Å². The van der Waals surface area contributed by atoms with Gasteiger partial charge in [-0.3, -0.25) is 18.6 Å². The molecule has 14 heteroatoms. The van der Waals surface area contributed by atoms with Gasteiger partial charge in [-0.05, 0) is 77.0 Å². The summed E-state index contributed by atoms with van der Waals surface area (Å²) in [6.45, 7) is 3.17. The molecule has 0 bridgehead atoms. The molecule has 0 radical (unpaired) electrons. The van der Waals surface area contributed by atoms with Crippen LogP contribution in [0.1, 0.15) is 219 Å². The summed E-state index contributed by atoms with van der Waals surface area (Å²) in [6, 6.07) is 0. The second-order valence-electron chi connectivity index (χ2n) is 19.1. The molecule has 71 heavy (non-hydrogen) atoms. The summed E-state index contributed by atoms with van der Waals surface area (Å²) in [4.78, 5) is 35.9. The van der Waals surface area contributed by atoms with Crippen LogP contribution in [0.25, 0.3) is 0 Å². The third-order valence-corrected chi connectivity index (χ3v) is 13.5. The van der Waals surface area contributed by atoms with Crippen molar-refractivity contribution in [1.29, 1.82) is 0 Å². The molecule has 1 aliphatic rings. The molecule has 6 unspecified atom stereocenters. The van der Waals surface area contributed by atoms with Gasteiger partial charge in [0.25, 0.3) is 0 Å². The average molecular weight is 1020 g/mol. The molecule has 0 amide bonds. The summed E-state index contributed by atoms with van der Waals surface area (Å²) in [5.41, 5.74) is 0. The first kappa shape index (κ1) is 66.3. The Bertz CT molecular complexity index is 1510. The van der Waals surface area contributed by atoms with Crippen LogP contribution in [-0.4, -0.2) is 98.3 Å². The number of unbranched alkanes of at least 4 members (excludes halogenated alkanes) is 22. The molecule has 8 atom stereocenters. The molecular formula is C57H99O13P. The van der Waals surface area contributed by atoms with E-state index in [0.717, 1.165) is 64.2 Å². The topological polar surface area (TPSA) is 210 Å². The van der Waals surface area contributed by atoms with Crippen molar-refractivity contribution in [3.05, 3.63) is 72.9 Å². The Morgan fingerprint density at radius 1 is 0.451 bits per heavy atom. The van der Waals surface area contributed by atoms with E-state index in [4.69, 9.17) is 18.5 Å². The smallest absolute Gasteiger partial charge is 0.462 e. The molecule has 0 aliphatic heterocycles.